The van der Waals surface area contributed by atoms with E-state index in [9.17, 15) is 5.11 Å². The minimum Gasteiger partial charge on any atom is -0.386 e. The van der Waals surface area contributed by atoms with Crippen molar-refractivity contribution in [3.63, 3.8) is 0 Å². The molecule has 4 nitrogen and oxygen atoms in total. The quantitative estimate of drug-likeness (QED) is 0.429. The van der Waals surface area contributed by atoms with Gasteiger partial charge in [-0.25, -0.2) is 0 Å². The van der Waals surface area contributed by atoms with Crippen molar-refractivity contribution in [1.29, 1.82) is 0 Å². The lowest BCUT2D eigenvalue weighted by atomic mass is 9.87. The first kappa shape index (κ1) is 22.6. The van der Waals surface area contributed by atoms with Crippen molar-refractivity contribution in [3.05, 3.63) is 48.6 Å². The predicted octanol–water partition coefficient (Wildman–Crippen LogP) is 5.02. The second-order valence-corrected chi connectivity index (χ2v) is 7.78. The van der Waals surface area contributed by atoms with E-state index in [0.717, 1.165) is 56.3 Å². The average molecular weight is 387 g/mol. The molecule has 0 bridgehead atoms. The van der Waals surface area contributed by atoms with Crippen LogP contribution in [-0.4, -0.2) is 47.2 Å². The molecule has 1 aliphatic rings. The summed E-state index contributed by atoms with van der Waals surface area (Å²) < 4.78 is 6.02. The van der Waals surface area contributed by atoms with Crippen LogP contribution in [0.2, 0.25) is 0 Å². The minimum atomic E-state index is -0.665. The predicted molar refractivity (Wildman–Crippen MR) is 118 cm³/mol. The lowest BCUT2D eigenvalue weighted by Crippen LogP contribution is -2.49. The molecule has 1 aromatic carbocycles. The van der Waals surface area contributed by atoms with Gasteiger partial charge < -0.3 is 9.84 Å². The molecular weight excluding hydrogens is 348 g/mol. The average Bonchev–Trinajstić information content (AvgIpc) is 3.21. The third kappa shape index (κ3) is 4.84. The number of hydrazone groups is 1. The van der Waals surface area contributed by atoms with E-state index in [1.165, 1.54) is 0 Å². The number of aliphatic hydroxyl groups is 1. The molecule has 1 fully saturated rings. The van der Waals surface area contributed by atoms with E-state index in [-0.39, 0.29) is 17.6 Å². The molecule has 1 aliphatic heterocycles. The van der Waals surface area contributed by atoms with Crippen LogP contribution < -0.4 is 0 Å². The Kier molecular flexibility index (Phi) is 8.71. The van der Waals surface area contributed by atoms with Gasteiger partial charge in [0.2, 0.25) is 0 Å². The summed E-state index contributed by atoms with van der Waals surface area (Å²) in [5.41, 5.74) is 1.51. The van der Waals surface area contributed by atoms with Crippen LogP contribution in [0, 0.1) is 5.92 Å². The van der Waals surface area contributed by atoms with Crippen molar-refractivity contribution in [2.45, 2.75) is 77.0 Å². The van der Waals surface area contributed by atoms with E-state index < -0.39 is 6.10 Å². The molecule has 3 atom stereocenters. The Morgan fingerprint density at radius 2 is 2.00 bits per heavy atom. The standard InChI is InChI=1S/C24H38N2O2/c1-6-14-19(7-2)23(27)22(20-15-11-10-12-16-20)25-26-18-13-17-21(26)24(8-3,9-4)28-5/h7,10-12,15-16,19,21,23,27H,2,6,8-9,13-14,17-18H2,1,3-5H3/b25-22+/t19-,21-,23+/m0/s1. The molecule has 1 aromatic rings. The highest BCUT2D eigenvalue weighted by atomic mass is 16.5. The molecule has 1 saturated heterocycles. The fourth-order valence-electron chi connectivity index (χ4n) is 4.53. The maximum Gasteiger partial charge on any atom is 0.105 e. The summed E-state index contributed by atoms with van der Waals surface area (Å²) in [6.45, 7) is 11.4. The Morgan fingerprint density at radius 3 is 2.54 bits per heavy atom. The van der Waals surface area contributed by atoms with Crippen molar-refractivity contribution in [1.82, 2.24) is 5.01 Å². The van der Waals surface area contributed by atoms with Crippen LogP contribution in [0.25, 0.3) is 0 Å². The molecule has 4 heteroatoms. The molecule has 0 aromatic heterocycles. The number of aliphatic hydroxyl groups excluding tert-OH is 1. The van der Waals surface area contributed by atoms with Crippen LogP contribution in [0.5, 0.6) is 0 Å². The van der Waals surface area contributed by atoms with Gasteiger partial charge in [-0.1, -0.05) is 63.6 Å². The molecule has 2 rings (SSSR count). The summed E-state index contributed by atoms with van der Waals surface area (Å²) in [5.74, 6) is -0.00505. The van der Waals surface area contributed by atoms with E-state index in [1.54, 1.807) is 0 Å². The fourth-order valence-corrected chi connectivity index (χ4v) is 4.53. The number of ether oxygens (including phenoxy) is 1. The van der Waals surface area contributed by atoms with Crippen LogP contribution in [0.4, 0.5) is 0 Å². The summed E-state index contributed by atoms with van der Waals surface area (Å²) >= 11 is 0. The monoisotopic (exact) mass is 386 g/mol. The Balaban J connectivity index is 2.44. The highest BCUT2D eigenvalue weighted by Crippen LogP contribution is 2.35. The first-order chi connectivity index (χ1) is 13.6. The van der Waals surface area contributed by atoms with E-state index >= 15 is 0 Å². The first-order valence-electron chi connectivity index (χ1n) is 10.8. The third-order valence-corrected chi connectivity index (χ3v) is 6.35. The van der Waals surface area contributed by atoms with Crippen LogP contribution in [0.1, 0.15) is 64.9 Å². The Labute approximate surface area is 171 Å². The Morgan fingerprint density at radius 1 is 1.32 bits per heavy atom. The topological polar surface area (TPSA) is 45.1 Å². The van der Waals surface area contributed by atoms with Crippen molar-refractivity contribution in [2.75, 3.05) is 13.7 Å². The lowest BCUT2D eigenvalue weighted by molar-refractivity contribution is -0.0733. The van der Waals surface area contributed by atoms with Gasteiger partial charge in [0.15, 0.2) is 0 Å². The molecule has 0 aliphatic carbocycles. The Bertz CT molecular complexity index is 616. The van der Waals surface area contributed by atoms with Gasteiger partial charge in [0.1, 0.15) is 6.10 Å². The second kappa shape index (κ2) is 10.8. The summed E-state index contributed by atoms with van der Waals surface area (Å²) in [7, 11) is 1.81. The molecule has 0 unspecified atom stereocenters. The number of hydrogen-bond donors (Lipinski definition) is 1. The molecule has 0 spiro atoms. The summed E-state index contributed by atoms with van der Waals surface area (Å²) in [5, 5.41) is 18.4. The van der Waals surface area contributed by atoms with Gasteiger partial charge in [0.25, 0.3) is 0 Å². The van der Waals surface area contributed by atoms with Gasteiger partial charge in [0.05, 0.1) is 17.4 Å². The number of rotatable bonds is 11. The minimum absolute atomic E-state index is 0.00505. The van der Waals surface area contributed by atoms with Gasteiger partial charge >= 0.3 is 0 Å². The van der Waals surface area contributed by atoms with Crippen molar-refractivity contribution < 1.29 is 9.84 Å². The number of benzene rings is 1. The zero-order valence-electron chi connectivity index (χ0n) is 18.1. The number of methoxy groups -OCH3 is 1. The van der Waals surface area contributed by atoms with E-state index in [4.69, 9.17) is 9.84 Å². The molecule has 156 valence electrons. The fraction of sp³-hybridized carbons (Fsp3) is 0.625. The van der Waals surface area contributed by atoms with Crippen LogP contribution in [0.3, 0.4) is 0 Å². The molecule has 0 amide bonds. The zero-order chi connectivity index (χ0) is 20.6. The van der Waals surface area contributed by atoms with Gasteiger partial charge in [-0.3, -0.25) is 5.01 Å². The third-order valence-electron chi connectivity index (χ3n) is 6.35. The van der Waals surface area contributed by atoms with E-state index in [0.29, 0.717) is 0 Å². The van der Waals surface area contributed by atoms with Gasteiger partial charge in [0, 0.05) is 25.1 Å². The van der Waals surface area contributed by atoms with Gasteiger partial charge in [-0.2, -0.15) is 5.10 Å². The Hall–Kier alpha value is -1.65. The maximum absolute atomic E-state index is 11.2. The lowest BCUT2D eigenvalue weighted by Gasteiger charge is -2.40. The van der Waals surface area contributed by atoms with Crippen LogP contribution in [0.15, 0.2) is 48.1 Å². The van der Waals surface area contributed by atoms with Crippen LogP contribution >= 0.6 is 0 Å². The normalized spacial score (nSPS) is 20.2. The summed E-state index contributed by atoms with van der Waals surface area (Å²) in [6, 6.07) is 10.3. The van der Waals surface area contributed by atoms with Crippen LogP contribution in [-0.2, 0) is 4.74 Å². The van der Waals surface area contributed by atoms with E-state index in [1.807, 2.05) is 43.5 Å². The number of nitrogens with zero attached hydrogens (tertiary/aromatic N) is 2. The first-order valence-corrected chi connectivity index (χ1v) is 10.8. The molecule has 28 heavy (non-hydrogen) atoms. The summed E-state index contributed by atoms with van der Waals surface area (Å²) in [6.07, 6.45) is 7.16. The van der Waals surface area contributed by atoms with Crippen molar-refractivity contribution in [3.8, 4) is 0 Å². The van der Waals surface area contributed by atoms with Crippen molar-refractivity contribution in [2.24, 2.45) is 11.0 Å². The highest BCUT2D eigenvalue weighted by Gasteiger charge is 2.42. The molecule has 1 N–H and O–H groups in total. The molecule has 1 heterocycles. The largest absolute Gasteiger partial charge is 0.386 e. The second-order valence-electron chi connectivity index (χ2n) is 7.78. The van der Waals surface area contributed by atoms with Crippen molar-refractivity contribution >= 4 is 5.71 Å². The molecular formula is C24H38N2O2. The SMILES string of the molecule is C=C[C@@H](CCC)[C@@H](O)/C(=N/N1CCC[C@H]1C(CC)(CC)OC)c1ccccc1. The molecule has 0 saturated carbocycles. The maximum atomic E-state index is 11.2. The summed E-state index contributed by atoms with van der Waals surface area (Å²) in [4.78, 5) is 0. The van der Waals surface area contributed by atoms with E-state index in [2.05, 4.69) is 32.4 Å². The molecule has 0 radical (unpaired) electrons. The van der Waals surface area contributed by atoms with Gasteiger partial charge in [-0.05, 0) is 32.1 Å². The highest BCUT2D eigenvalue weighted by molar-refractivity contribution is 6.03. The smallest absolute Gasteiger partial charge is 0.105 e. The zero-order valence-corrected chi connectivity index (χ0v) is 18.1. The van der Waals surface area contributed by atoms with Gasteiger partial charge in [-0.15, -0.1) is 6.58 Å². The number of hydrogen-bond acceptors (Lipinski definition) is 4.